The number of ether oxygens (including phenoxy) is 1. The summed E-state index contributed by atoms with van der Waals surface area (Å²) in [7, 11) is 0. The largest absolute Gasteiger partial charge is 0.462 e. The van der Waals surface area contributed by atoms with Gasteiger partial charge >= 0.3 is 5.97 Å². The first kappa shape index (κ1) is 42.3. The van der Waals surface area contributed by atoms with Crippen molar-refractivity contribution in [3.63, 3.8) is 0 Å². The van der Waals surface area contributed by atoms with E-state index in [1.54, 1.807) is 5.57 Å². The lowest BCUT2D eigenvalue weighted by Crippen LogP contribution is -2.66. The van der Waals surface area contributed by atoms with Crippen LogP contribution in [0, 0.1) is 97.1 Å². The number of hydrogen-bond acceptors (Lipinski definition) is 2. The van der Waals surface area contributed by atoms with Crippen LogP contribution in [-0.2, 0) is 9.53 Å². The van der Waals surface area contributed by atoms with Gasteiger partial charge in [-0.2, -0.15) is 0 Å². The van der Waals surface area contributed by atoms with Gasteiger partial charge < -0.3 is 4.74 Å². The third kappa shape index (κ3) is 6.02. The van der Waals surface area contributed by atoms with Crippen molar-refractivity contribution in [3.8, 4) is 0 Å². The Morgan fingerprint density at radius 1 is 0.741 bits per heavy atom. The molecule has 9 aliphatic rings. The van der Waals surface area contributed by atoms with Crippen LogP contribution in [0.2, 0.25) is 0 Å². The van der Waals surface area contributed by atoms with Crippen molar-refractivity contribution < 1.29 is 9.53 Å². The molecule has 3 unspecified atom stereocenters. The number of rotatable bonds is 8. The number of esters is 1. The molecule has 2 nitrogen and oxygen atoms in total. The van der Waals surface area contributed by atoms with Crippen LogP contribution in [0.3, 0.4) is 0 Å². The van der Waals surface area contributed by atoms with E-state index >= 15 is 4.79 Å². The number of fused-ring (bicyclic) bond motifs is 12. The van der Waals surface area contributed by atoms with Crippen LogP contribution in [0.1, 0.15) is 217 Å². The third-order valence-corrected chi connectivity index (χ3v) is 23.3. The van der Waals surface area contributed by atoms with Crippen LogP contribution in [0.5, 0.6) is 0 Å². The van der Waals surface area contributed by atoms with Gasteiger partial charge in [0.05, 0.1) is 5.41 Å². The first-order chi connectivity index (χ1) is 27.3. The molecule has 0 saturated heterocycles. The van der Waals surface area contributed by atoms with Crippen molar-refractivity contribution in [2.45, 2.75) is 223 Å². The normalized spacial score (nSPS) is 51.5. The molecule has 0 N–H and O–H groups in total. The fraction of sp³-hybridized carbons (Fsp3) is 0.911. The summed E-state index contributed by atoms with van der Waals surface area (Å²) in [4.78, 5) is 15.2. The standard InChI is InChI=1S/C56H90O2/c1-36(2)15-12-13-16-38-18-20-43-42-19-17-39-35-40(23-29-52(39,8)44(42)25-30-51(38,43)7)58-49(57)56-32-24-41(37(3)4)48(56)45-21-22-47-53(9)28-14-27-50(5,6)46(53)26-31-55(47,11)54(45,10)33-34-56/h17,36,38,40-48H,3,12-16,18-35H2,1-2,4-11H3/t38-,40-,41?,42-,43-,44-,45+,46?,47+,48?,51+,52-,53-,54+,55+,56-/m0/s1. The molecule has 0 amide bonds. The highest BCUT2D eigenvalue weighted by molar-refractivity contribution is 5.78. The summed E-state index contributed by atoms with van der Waals surface area (Å²) in [6.07, 6.45) is 32.9. The van der Waals surface area contributed by atoms with E-state index in [9.17, 15) is 0 Å². The molecule has 16 atom stereocenters. The number of allylic oxidation sites excluding steroid dienone is 2. The van der Waals surface area contributed by atoms with Crippen molar-refractivity contribution in [3.05, 3.63) is 23.8 Å². The Labute approximate surface area is 358 Å². The molecule has 0 spiro atoms. The Kier molecular flexibility index (Phi) is 10.6. The molecule has 9 aliphatic carbocycles. The highest BCUT2D eigenvalue weighted by Gasteiger charge is 2.72. The fourth-order valence-corrected chi connectivity index (χ4v) is 20.1. The lowest BCUT2D eigenvalue weighted by atomic mass is 9.32. The number of hydrogen-bond donors (Lipinski definition) is 0. The maximum absolute atomic E-state index is 15.2. The van der Waals surface area contributed by atoms with Crippen LogP contribution < -0.4 is 0 Å². The van der Waals surface area contributed by atoms with Crippen LogP contribution >= 0.6 is 0 Å². The average Bonchev–Trinajstić information content (AvgIpc) is 3.72. The minimum Gasteiger partial charge on any atom is -0.462 e. The molecule has 58 heavy (non-hydrogen) atoms. The van der Waals surface area contributed by atoms with Gasteiger partial charge in [-0.05, 0) is 214 Å². The van der Waals surface area contributed by atoms with E-state index in [4.69, 9.17) is 4.74 Å². The molecule has 326 valence electrons. The second kappa shape index (κ2) is 14.5. The van der Waals surface area contributed by atoms with Crippen molar-refractivity contribution in [1.82, 2.24) is 0 Å². The average molecular weight is 795 g/mol. The van der Waals surface area contributed by atoms with E-state index in [1.165, 1.54) is 121 Å². The molecule has 0 aromatic rings. The van der Waals surface area contributed by atoms with Crippen molar-refractivity contribution in [2.24, 2.45) is 97.1 Å². The van der Waals surface area contributed by atoms with Gasteiger partial charge in [0.1, 0.15) is 6.10 Å². The van der Waals surface area contributed by atoms with Crippen LogP contribution in [0.25, 0.3) is 0 Å². The van der Waals surface area contributed by atoms with Gasteiger partial charge in [-0.3, -0.25) is 4.79 Å². The van der Waals surface area contributed by atoms with Gasteiger partial charge in [-0.25, -0.2) is 0 Å². The predicted octanol–water partition coefficient (Wildman–Crippen LogP) is 15.7. The molecule has 0 heterocycles. The summed E-state index contributed by atoms with van der Waals surface area (Å²) in [5.41, 5.74) is 5.07. The molecule has 0 radical (unpaired) electrons. The van der Waals surface area contributed by atoms with E-state index in [0.717, 1.165) is 73.5 Å². The first-order valence-electron chi connectivity index (χ1n) is 25.9. The van der Waals surface area contributed by atoms with Crippen LogP contribution in [-0.4, -0.2) is 12.1 Å². The van der Waals surface area contributed by atoms with E-state index < -0.39 is 0 Å². The topological polar surface area (TPSA) is 26.3 Å². The number of unbranched alkanes of at least 4 members (excludes halogenated alkanes) is 1. The first-order valence-corrected chi connectivity index (χ1v) is 25.9. The molecule has 0 bridgehead atoms. The van der Waals surface area contributed by atoms with E-state index in [2.05, 4.69) is 81.9 Å². The molecule has 0 aliphatic heterocycles. The maximum Gasteiger partial charge on any atom is 0.312 e. The van der Waals surface area contributed by atoms with Crippen molar-refractivity contribution in [2.75, 3.05) is 0 Å². The molecule has 2 heteroatoms. The summed E-state index contributed by atoms with van der Waals surface area (Å²) in [6, 6.07) is 0. The molecule has 0 aromatic heterocycles. The second-order valence-electron chi connectivity index (χ2n) is 26.2. The Balaban J connectivity index is 0.909. The predicted molar refractivity (Wildman–Crippen MR) is 242 cm³/mol. The molecule has 8 fully saturated rings. The Morgan fingerprint density at radius 2 is 1.52 bits per heavy atom. The van der Waals surface area contributed by atoms with Gasteiger partial charge in [-0.1, -0.05) is 112 Å². The van der Waals surface area contributed by atoms with Crippen LogP contribution in [0.15, 0.2) is 23.8 Å². The lowest BCUT2D eigenvalue weighted by Gasteiger charge is -2.72. The molecule has 0 aromatic carbocycles. The van der Waals surface area contributed by atoms with Crippen molar-refractivity contribution >= 4 is 5.97 Å². The quantitative estimate of drug-likeness (QED) is 0.139. The monoisotopic (exact) mass is 795 g/mol. The summed E-state index contributed by atoms with van der Waals surface area (Å²) in [5, 5.41) is 0. The summed E-state index contributed by atoms with van der Waals surface area (Å²) in [5.74, 6) is 7.69. The summed E-state index contributed by atoms with van der Waals surface area (Å²) in [6.45, 7) is 30.5. The van der Waals surface area contributed by atoms with Gasteiger partial charge in [0, 0.05) is 6.42 Å². The highest BCUT2D eigenvalue weighted by Crippen LogP contribution is 2.78. The summed E-state index contributed by atoms with van der Waals surface area (Å²) >= 11 is 0. The zero-order valence-electron chi connectivity index (χ0n) is 39.7. The fourth-order valence-electron chi connectivity index (χ4n) is 20.1. The molecule has 9 rings (SSSR count). The van der Waals surface area contributed by atoms with Gasteiger partial charge in [0.25, 0.3) is 0 Å². The maximum atomic E-state index is 15.2. The van der Waals surface area contributed by atoms with Gasteiger partial charge in [-0.15, -0.1) is 0 Å². The van der Waals surface area contributed by atoms with E-state index in [-0.39, 0.29) is 22.9 Å². The highest BCUT2D eigenvalue weighted by atomic mass is 16.5. The zero-order valence-corrected chi connectivity index (χ0v) is 39.7. The smallest absolute Gasteiger partial charge is 0.312 e. The number of carbonyl (C=O) groups excluding carboxylic acids is 1. The third-order valence-electron chi connectivity index (χ3n) is 23.3. The zero-order chi connectivity index (χ0) is 41.3. The lowest BCUT2D eigenvalue weighted by molar-refractivity contribution is -0.239. The Hall–Kier alpha value is -1.05. The van der Waals surface area contributed by atoms with Crippen molar-refractivity contribution in [1.29, 1.82) is 0 Å². The Morgan fingerprint density at radius 3 is 2.28 bits per heavy atom. The van der Waals surface area contributed by atoms with Gasteiger partial charge in [0.15, 0.2) is 0 Å². The van der Waals surface area contributed by atoms with E-state index in [1.807, 2.05) is 0 Å². The van der Waals surface area contributed by atoms with Crippen LogP contribution in [0.4, 0.5) is 0 Å². The van der Waals surface area contributed by atoms with Gasteiger partial charge in [0.2, 0.25) is 0 Å². The van der Waals surface area contributed by atoms with E-state index in [0.29, 0.717) is 44.8 Å². The minimum absolute atomic E-state index is 0.0595. The molecular weight excluding hydrogens is 705 g/mol. The molecular formula is C56H90O2. The summed E-state index contributed by atoms with van der Waals surface area (Å²) < 4.78 is 7.00. The second-order valence-corrected chi connectivity index (χ2v) is 26.2. The SMILES string of the molecule is C=C(C)C1CC[C@]2(C(=O)O[C@H]3CC[C@@]4(C)C(=CC[C@H]5[C@@H]6CC[C@H](CCCCC(C)C)[C@@]6(C)CC[C@@H]54)C3)CC[C@]3(C)[C@H](CC[C@@H]4[C@@]5(C)CCCC(C)(C)C5CC[C@]43C)C12. The molecule has 8 saturated carbocycles. The minimum atomic E-state index is -0.320. The number of carbonyl (C=O) groups is 1. The Bertz CT molecular complexity index is 1630.